The molecule has 0 bridgehead atoms. The second-order valence-electron chi connectivity index (χ2n) is 7.30. The van der Waals surface area contributed by atoms with Gasteiger partial charge in [-0.15, -0.1) is 0 Å². The average molecular weight is 352 g/mol. The summed E-state index contributed by atoms with van der Waals surface area (Å²) in [6.45, 7) is 8.28. The predicted molar refractivity (Wildman–Crippen MR) is 98.4 cm³/mol. The van der Waals surface area contributed by atoms with Gasteiger partial charge in [0.05, 0.1) is 25.5 Å². The molecule has 1 aromatic heterocycles. The molecule has 1 aromatic carbocycles. The lowest BCUT2D eigenvalue weighted by molar-refractivity contribution is 0.133. The fourth-order valence-corrected chi connectivity index (χ4v) is 4.05. The van der Waals surface area contributed by atoms with Crippen molar-refractivity contribution in [3.05, 3.63) is 46.8 Å². The quantitative estimate of drug-likeness (QED) is 0.845. The Morgan fingerprint density at radius 1 is 1.08 bits per heavy atom. The summed E-state index contributed by atoms with van der Waals surface area (Å²) in [6, 6.07) is 7.10. The first kappa shape index (κ1) is 16.0. The maximum atomic E-state index is 5.73. The van der Waals surface area contributed by atoms with Crippen molar-refractivity contribution in [1.29, 1.82) is 0 Å². The van der Waals surface area contributed by atoms with Crippen LogP contribution in [0.3, 0.4) is 0 Å². The zero-order valence-corrected chi connectivity index (χ0v) is 15.1. The van der Waals surface area contributed by atoms with Gasteiger partial charge in [-0.05, 0) is 24.1 Å². The molecule has 0 radical (unpaired) electrons. The second kappa shape index (κ2) is 6.52. The van der Waals surface area contributed by atoms with Gasteiger partial charge >= 0.3 is 0 Å². The van der Waals surface area contributed by atoms with E-state index in [-0.39, 0.29) is 0 Å². The first-order chi connectivity index (χ1) is 12.8. The van der Waals surface area contributed by atoms with Crippen LogP contribution in [0.2, 0.25) is 0 Å². The molecule has 1 fully saturated rings. The van der Waals surface area contributed by atoms with Crippen molar-refractivity contribution in [3.8, 4) is 5.75 Å². The monoisotopic (exact) mass is 352 g/mol. The molecular weight excluding hydrogens is 328 g/mol. The van der Waals surface area contributed by atoms with E-state index in [1.165, 1.54) is 11.1 Å². The van der Waals surface area contributed by atoms with Crippen LogP contribution in [0.1, 0.15) is 35.3 Å². The maximum absolute atomic E-state index is 5.73. The van der Waals surface area contributed by atoms with Gasteiger partial charge in [-0.1, -0.05) is 12.1 Å². The third-order valence-electron chi connectivity index (χ3n) is 5.79. The highest BCUT2D eigenvalue weighted by Crippen LogP contribution is 2.31. The minimum absolute atomic E-state index is 0.390. The average Bonchev–Trinajstić information content (AvgIpc) is 3.35. The van der Waals surface area contributed by atoms with Crippen LogP contribution in [0.25, 0.3) is 0 Å². The van der Waals surface area contributed by atoms with E-state index in [2.05, 4.69) is 39.9 Å². The highest BCUT2D eigenvalue weighted by Gasteiger charge is 2.25. The molecule has 4 heterocycles. The number of anilines is 1. The molecule has 2 aromatic rings. The minimum Gasteiger partial charge on any atom is -0.493 e. The Morgan fingerprint density at radius 3 is 2.85 bits per heavy atom. The van der Waals surface area contributed by atoms with Crippen LogP contribution >= 0.6 is 0 Å². The Balaban J connectivity index is 1.25. The first-order valence-corrected chi connectivity index (χ1v) is 9.45. The number of nitrogens with zero attached hydrogens (tertiary/aromatic N) is 4. The van der Waals surface area contributed by atoms with Gasteiger partial charge in [-0.25, -0.2) is 9.97 Å². The van der Waals surface area contributed by atoms with E-state index in [0.29, 0.717) is 19.3 Å². The molecule has 1 atom stereocenters. The molecule has 3 aliphatic heterocycles. The van der Waals surface area contributed by atoms with Crippen molar-refractivity contribution in [2.24, 2.45) is 0 Å². The van der Waals surface area contributed by atoms with Crippen molar-refractivity contribution in [3.63, 3.8) is 0 Å². The van der Waals surface area contributed by atoms with Gasteiger partial charge < -0.3 is 14.4 Å². The lowest BCUT2D eigenvalue weighted by Gasteiger charge is -2.38. The molecule has 0 saturated carbocycles. The Hall–Kier alpha value is -2.18. The van der Waals surface area contributed by atoms with Crippen LogP contribution in [0, 0.1) is 0 Å². The number of hydrogen-bond donors (Lipinski definition) is 0. The zero-order chi connectivity index (χ0) is 17.5. The SMILES string of the molecule is CC(c1ccc2c(c1)OCC2)N1CCN(c2ncc3c(n2)COC3)CC1. The zero-order valence-electron chi connectivity index (χ0n) is 15.1. The molecule has 26 heavy (non-hydrogen) atoms. The van der Waals surface area contributed by atoms with Crippen molar-refractivity contribution < 1.29 is 9.47 Å². The van der Waals surface area contributed by atoms with Crippen LogP contribution in [0.4, 0.5) is 5.95 Å². The predicted octanol–water partition coefficient (Wildman–Crippen LogP) is 2.32. The molecule has 0 amide bonds. The van der Waals surface area contributed by atoms with Crippen LogP contribution in [0.5, 0.6) is 5.75 Å². The summed E-state index contributed by atoms with van der Waals surface area (Å²) in [4.78, 5) is 14.1. The van der Waals surface area contributed by atoms with Gasteiger partial charge in [0.15, 0.2) is 0 Å². The summed E-state index contributed by atoms with van der Waals surface area (Å²) in [7, 11) is 0. The number of piperazine rings is 1. The highest BCUT2D eigenvalue weighted by atomic mass is 16.5. The number of rotatable bonds is 3. The number of ether oxygens (including phenoxy) is 2. The summed E-state index contributed by atoms with van der Waals surface area (Å²) in [6.07, 6.45) is 2.96. The summed E-state index contributed by atoms with van der Waals surface area (Å²) >= 11 is 0. The molecule has 0 N–H and O–H groups in total. The van der Waals surface area contributed by atoms with Crippen molar-refractivity contribution in [1.82, 2.24) is 14.9 Å². The lowest BCUT2D eigenvalue weighted by atomic mass is 10.0. The normalized spacial score (nSPS) is 20.6. The smallest absolute Gasteiger partial charge is 0.225 e. The lowest BCUT2D eigenvalue weighted by Crippen LogP contribution is -2.47. The Bertz CT molecular complexity index is 817. The fourth-order valence-electron chi connectivity index (χ4n) is 4.05. The van der Waals surface area contributed by atoms with Crippen LogP contribution < -0.4 is 9.64 Å². The van der Waals surface area contributed by atoms with Crippen molar-refractivity contribution in [2.45, 2.75) is 32.6 Å². The molecule has 6 heteroatoms. The number of benzene rings is 1. The molecule has 5 rings (SSSR count). The molecule has 0 spiro atoms. The van der Waals surface area contributed by atoms with Gasteiger partial charge in [0, 0.05) is 50.4 Å². The summed E-state index contributed by atoms with van der Waals surface area (Å²) in [5.74, 6) is 1.91. The molecule has 3 aliphatic rings. The standard InChI is InChI=1S/C20H24N4O2/c1-14(16-3-2-15-4-9-26-19(15)10-16)23-5-7-24(8-6-23)20-21-11-17-12-25-13-18(17)22-20/h2-3,10-11,14H,4-9,12-13H2,1H3. The Morgan fingerprint density at radius 2 is 1.96 bits per heavy atom. The second-order valence-corrected chi connectivity index (χ2v) is 7.30. The molecule has 0 aliphatic carbocycles. The van der Waals surface area contributed by atoms with E-state index in [1.54, 1.807) is 0 Å². The summed E-state index contributed by atoms with van der Waals surface area (Å²) in [5, 5.41) is 0. The van der Waals surface area contributed by atoms with E-state index in [4.69, 9.17) is 14.5 Å². The third kappa shape index (κ3) is 2.83. The molecular formula is C20H24N4O2. The molecule has 1 saturated heterocycles. The topological polar surface area (TPSA) is 50.7 Å². The summed E-state index contributed by atoms with van der Waals surface area (Å²) in [5.41, 5.74) is 4.84. The van der Waals surface area contributed by atoms with E-state index in [9.17, 15) is 0 Å². The van der Waals surface area contributed by atoms with E-state index in [1.807, 2.05) is 6.20 Å². The van der Waals surface area contributed by atoms with Crippen molar-refractivity contribution in [2.75, 3.05) is 37.7 Å². The highest BCUT2D eigenvalue weighted by molar-refractivity contribution is 5.41. The van der Waals surface area contributed by atoms with E-state index < -0.39 is 0 Å². The van der Waals surface area contributed by atoms with E-state index in [0.717, 1.165) is 62.2 Å². The molecule has 6 nitrogen and oxygen atoms in total. The maximum Gasteiger partial charge on any atom is 0.225 e. The minimum atomic E-state index is 0.390. The van der Waals surface area contributed by atoms with Crippen LogP contribution in [-0.2, 0) is 24.4 Å². The number of aromatic nitrogens is 2. The first-order valence-electron chi connectivity index (χ1n) is 9.45. The van der Waals surface area contributed by atoms with Crippen LogP contribution in [-0.4, -0.2) is 47.7 Å². The Kier molecular flexibility index (Phi) is 4.02. The Labute approximate surface area is 153 Å². The molecule has 136 valence electrons. The fraction of sp³-hybridized carbons (Fsp3) is 0.500. The van der Waals surface area contributed by atoms with Crippen molar-refractivity contribution >= 4 is 5.95 Å². The van der Waals surface area contributed by atoms with Gasteiger partial charge in [0.1, 0.15) is 5.75 Å². The molecule has 1 unspecified atom stereocenters. The van der Waals surface area contributed by atoms with Gasteiger partial charge in [0.2, 0.25) is 5.95 Å². The largest absolute Gasteiger partial charge is 0.493 e. The number of fused-ring (bicyclic) bond motifs is 2. The van der Waals surface area contributed by atoms with Gasteiger partial charge in [0.25, 0.3) is 0 Å². The van der Waals surface area contributed by atoms with Gasteiger partial charge in [-0.2, -0.15) is 0 Å². The van der Waals surface area contributed by atoms with E-state index >= 15 is 0 Å². The summed E-state index contributed by atoms with van der Waals surface area (Å²) < 4.78 is 11.2. The van der Waals surface area contributed by atoms with Crippen LogP contribution in [0.15, 0.2) is 24.4 Å². The van der Waals surface area contributed by atoms with Gasteiger partial charge in [-0.3, -0.25) is 4.90 Å². The third-order valence-corrected chi connectivity index (χ3v) is 5.79. The number of hydrogen-bond acceptors (Lipinski definition) is 6.